The quantitative estimate of drug-likeness (QED) is 0.732. The number of halogens is 1. The molecule has 88 valence electrons. The molecule has 7 heteroatoms. The summed E-state index contributed by atoms with van der Waals surface area (Å²) < 4.78 is 19.1. The first-order valence-electron chi connectivity index (χ1n) is 4.78. The van der Waals surface area contributed by atoms with E-state index in [1.807, 2.05) is 0 Å². The predicted molar refractivity (Wildman–Crippen MR) is 54.7 cm³/mol. The minimum Gasteiger partial charge on any atom is -0.463 e. The van der Waals surface area contributed by atoms with E-state index in [1.165, 1.54) is 36.4 Å². The minimum absolute atomic E-state index is 0.0659. The summed E-state index contributed by atoms with van der Waals surface area (Å²) in [5.41, 5.74) is 0.230. The lowest BCUT2D eigenvalue weighted by atomic mass is 10.3. The number of rotatable bonds is 3. The monoisotopic (exact) mass is 236 g/mol. The van der Waals surface area contributed by atoms with Gasteiger partial charge in [0.15, 0.2) is 0 Å². The van der Waals surface area contributed by atoms with Crippen molar-refractivity contribution < 1.29 is 13.9 Å². The topological polar surface area (TPSA) is 69.9 Å². The molecule has 0 aliphatic carbocycles. The van der Waals surface area contributed by atoms with Crippen LogP contribution in [0.4, 0.5) is 4.39 Å². The van der Waals surface area contributed by atoms with Crippen LogP contribution in [0.5, 0.6) is 0 Å². The molecule has 0 aliphatic heterocycles. The van der Waals surface area contributed by atoms with Crippen LogP contribution in [0.2, 0.25) is 0 Å². The van der Waals surface area contributed by atoms with E-state index in [0.29, 0.717) is 0 Å². The van der Waals surface area contributed by atoms with Crippen molar-refractivity contribution in [3.8, 4) is 0 Å². The van der Waals surface area contributed by atoms with E-state index in [0.717, 1.165) is 0 Å². The van der Waals surface area contributed by atoms with Crippen molar-refractivity contribution in [2.75, 3.05) is 7.11 Å². The molecule has 2 aromatic heterocycles. The summed E-state index contributed by atoms with van der Waals surface area (Å²) in [5.74, 6) is -1.13. The lowest BCUT2D eigenvalue weighted by molar-refractivity contribution is 0.0586. The first-order chi connectivity index (χ1) is 8.20. The minimum atomic E-state index is -0.634. The summed E-state index contributed by atoms with van der Waals surface area (Å²) in [6.07, 6.45) is 2.80. The molecule has 0 amide bonds. The van der Waals surface area contributed by atoms with E-state index in [-0.39, 0.29) is 18.1 Å². The SMILES string of the molecule is COC(=O)c1ncn(Cc2ncccc2F)n1. The average molecular weight is 236 g/mol. The molecule has 6 nitrogen and oxygen atoms in total. The molecule has 0 bridgehead atoms. The summed E-state index contributed by atoms with van der Waals surface area (Å²) in [5, 5.41) is 3.84. The Hall–Kier alpha value is -2.31. The van der Waals surface area contributed by atoms with Gasteiger partial charge in [-0.3, -0.25) is 4.98 Å². The molecule has 0 N–H and O–H groups in total. The Morgan fingerprint density at radius 3 is 3.06 bits per heavy atom. The van der Waals surface area contributed by atoms with E-state index in [4.69, 9.17) is 0 Å². The van der Waals surface area contributed by atoms with Gasteiger partial charge in [0.2, 0.25) is 0 Å². The van der Waals surface area contributed by atoms with Crippen molar-refractivity contribution in [1.82, 2.24) is 19.7 Å². The van der Waals surface area contributed by atoms with Gasteiger partial charge in [0, 0.05) is 6.20 Å². The predicted octanol–water partition coefficient (Wildman–Crippen LogP) is 0.647. The van der Waals surface area contributed by atoms with Crippen LogP contribution >= 0.6 is 0 Å². The van der Waals surface area contributed by atoms with Crippen molar-refractivity contribution >= 4 is 5.97 Å². The van der Waals surface area contributed by atoms with Gasteiger partial charge in [0.05, 0.1) is 19.3 Å². The average Bonchev–Trinajstić information content (AvgIpc) is 2.80. The second kappa shape index (κ2) is 4.69. The summed E-state index contributed by atoms with van der Waals surface area (Å²) in [6.45, 7) is 0.108. The Morgan fingerprint density at radius 2 is 2.35 bits per heavy atom. The van der Waals surface area contributed by atoms with Gasteiger partial charge < -0.3 is 4.74 Å². The van der Waals surface area contributed by atoms with Gasteiger partial charge in [-0.1, -0.05) is 0 Å². The zero-order valence-corrected chi connectivity index (χ0v) is 9.00. The Morgan fingerprint density at radius 1 is 1.53 bits per heavy atom. The smallest absolute Gasteiger partial charge is 0.377 e. The molecule has 2 aromatic rings. The van der Waals surface area contributed by atoms with Crippen molar-refractivity contribution in [1.29, 1.82) is 0 Å². The molecule has 0 aliphatic rings. The van der Waals surface area contributed by atoms with Crippen LogP contribution < -0.4 is 0 Å². The fraction of sp³-hybridized carbons (Fsp3) is 0.200. The second-order valence-corrected chi connectivity index (χ2v) is 3.19. The summed E-state index contributed by atoms with van der Waals surface area (Å²) in [7, 11) is 1.24. The zero-order chi connectivity index (χ0) is 12.3. The number of pyridine rings is 1. The first-order valence-corrected chi connectivity index (χ1v) is 4.78. The highest BCUT2D eigenvalue weighted by Crippen LogP contribution is 2.04. The lowest BCUT2D eigenvalue weighted by Crippen LogP contribution is -2.08. The van der Waals surface area contributed by atoms with E-state index in [2.05, 4.69) is 19.8 Å². The van der Waals surface area contributed by atoms with Gasteiger partial charge >= 0.3 is 5.97 Å². The summed E-state index contributed by atoms with van der Waals surface area (Å²) >= 11 is 0. The Balaban J connectivity index is 2.17. The number of nitrogens with zero attached hydrogens (tertiary/aromatic N) is 4. The Kier molecular flexibility index (Phi) is 3.08. The molecule has 0 aromatic carbocycles. The van der Waals surface area contributed by atoms with Gasteiger partial charge in [0.1, 0.15) is 12.1 Å². The molecule has 0 unspecified atom stereocenters. The fourth-order valence-electron chi connectivity index (χ4n) is 1.24. The number of methoxy groups -OCH3 is 1. The molecule has 0 spiro atoms. The molecule has 17 heavy (non-hydrogen) atoms. The molecule has 0 saturated heterocycles. The molecular weight excluding hydrogens is 227 g/mol. The van der Waals surface area contributed by atoms with Crippen LogP contribution in [0.25, 0.3) is 0 Å². The molecule has 0 atom stereocenters. The zero-order valence-electron chi connectivity index (χ0n) is 9.00. The fourth-order valence-corrected chi connectivity index (χ4v) is 1.24. The maximum atomic E-state index is 13.3. The first kappa shape index (κ1) is 11.2. The van der Waals surface area contributed by atoms with E-state index in [9.17, 15) is 9.18 Å². The van der Waals surface area contributed by atoms with Crippen molar-refractivity contribution in [2.45, 2.75) is 6.54 Å². The highest BCUT2D eigenvalue weighted by Gasteiger charge is 2.12. The van der Waals surface area contributed by atoms with Crippen molar-refractivity contribution in [2.24, 2.45) is 0 Å². The number of esters is 1. The maximum absolute atomic E-state index is 13.3. The van der Waals surface area contributed by atoms with Gasteiger partial charge in [0.25, 0.3) is 5.82 Å². The van der Waals surface area contributed by atoms with Crippen LogP contribution in [0.15, 0.2) is 24.7 Å². The summed E-state index contributed by atoms with van der Waals surface area (Å²) in [6, 6.07) is 2.81. The normalized spacial score (nSPS) is 10.2. The van der Waals surface area contributed by atoms with E-state index in [1.54, 1.807) is 0 Å². The molecule has 0 fully saturated rings. The Labute approximate surface area is 96.1 Å². The largest absolute Gasteiger partial charge is 0.463 e. The third-order valence-corrected chi connectivity index (χ3v) is 2.05. The van der Waals surface area contributed by atoms with E-state index >= 15 is 0 Å². The molecule has 0 radical (unpaired) electrons. The third kappa shape index (κ3) is 2.44. The number of ether oxygens (including phenoxy) is 1. The molecular formula is C10H9FN4O2. The van der Waals surface area contributed by atoms with Crippen molar-refractivity contribution in [3.63, 3.8) is 0 Å². The van der Waals surface area contributed by atoms with Gasteiger partial charge in [-0.05, 0) is 12.1 Å². The number of carbonyl (C=O) groups excluding carboxylic acids is 1. The highest BCUT2D eigenvalue weighted by molar-refractivity contribution is 5.84. The second-order valence-electron chi connectivity index (χ2n) is 3.19. The third-order valence-electron chi connectivity index (χ3n) is 2.05. The maximum Gasteiger partial charge on any atom is 0.377 e. The van der Waals surface area contributed by atoms with Gasteiger partial charge in [-0.2, -0.15) is 0 Å². The van der Waals surface area contributed by atoms with Crippen LogP contribution in [0.3, 0.4) is 0 Å². The number of carbonyl (C=O) groups is 1. The number of hydrogen-bond donors (Lipinski definition) is 0. The van der Waals surface area contributed by atoms with Gasteiger partial charge in [-0.15, -0.1) is 5.10 Å². The van der Waals surface area contributed by atoms with Crippen LogP contribution in [0, 0.1) is 5.82 Å². The number of aromatic nitrogens is 4. The molecule has 2 heterocycles. The van der Waals surface area contributed by atoms with Crippen molar-refractivity contribution in [3.05, 3.63) is 42.0 Å². The Bertz CT molecular complexity index is 541. The summed E-state index contributed by atoms with van der Waals surface area (Å²) in [4.78, 5) is 18.7. The highest BCUT2D eigenvalue weighted by atomic mass is 19.1. The van der Waals surface area contributed by atoms with Crippen LogP contribution in [-0.2, 0) is 11.3 Å². The van der Waals surface area contributed by atoms with Crippen LogP contribution in [-0.4, -0.2) is 32.8 Å². The van der Waals surface area contributed by atoms with Gasteiger partial charge in [-0.25, -0.2) is 18.9 Å². The van der Waals surface area contributed by atoms with Crippen LogP contribution in [0.1, 0.15) is 16.3 Å². The molecule has 0 saturated carbocycles. The lowest BCUT2D eigenvalue weighted by Gasteiger charge is -2.00. The van der Waals surface area contributed by atoms with E-state index < -0.39 is 11.8 Å². The molecule has 2 rings (SSSR count). The standard InChI is InChI=1S/C10H9FN4O2/c1-17-10(16)9-13-6-15(14-9)5-8-7(11)3-2-4-12-8/h2-4,6H,5H2,1H3. The number of hydrogen-bond acceptors (Lipinski definition) is 5.